The minimum absolute atomic E-state index is 0.0338. The van der Waals surface area contributed by atoms with Crippen molar-refractivity contribution in [3.05, 3.63) is 11.1 Å². The predicted octanol–water partition coefficient (Wildman–Crippen LogP) is 2.94. The summed E-state index contributed by atoms with van der Waals surface area (Å²) in [6, 6.07) is 0. The van der Waals surface area contributed by atoms with Gasteiger partial charge in [-0.2, -0.15) is 0 Å². The Kier molecular flexibility index (Phi) is 4.36. The number of carbonyl (C=O) groups excluding carboxylic acids is 1. The molecular weight excluding hydrogens is 344 g/mol. The van der Waals surface area contributed by atoms with E-state index in [1.54, 1.807) is 6.92 Å². The highest BCUT2D eigenvalue weighted by Gasteiger charge is 2.60. The first-order chi connectivity index (χ1) is 12.6. The first-order valence-corrected chi connectivity index (χ1v) is 10.4. The first-order valence-electron chi connectivity index (χ1n) is 10.4. The van der Waals surface area contributed by atoms with Gasteiger partial charge in [0.05, 0.1) is 18.1 Å². The smallest absolute Gasteiger partial charge is 0.309 e. The van der Waals surface area contributed by atoms with Gasteiger partial charge in [-0.05, 0) is 68.6 Å². The Morgan fingerprint density at radius 2 is 1.74 bits per heavy atom. The third kappa shape index (κ3) is 2.50. The summed E-state index contributed by atoms with van der Waals surface area (Å²) in [5.41, 5.74) is 2.24. The number of aliphatic hydroxyl groups is 2. The van der Waals surface area contributed by atoms with E-state index in [9.17, 15) is 24.9 Å². The second kappa shape index (κ2) is 6.15. The molecule has 150 valence electrons. The second-order valence-electron chi connectivity index (χ2n) is 9.99. The van der Waals surface area contributed by atoms with Gasteiger partial charge in [0.15, 0.2) is 0 Å². The van der Waals surface area contributed by atoms with Gasteiger partial charge in [0.2, 0.25) is 0 Å². The lowest BCUT2D eigenvalue weighted by molar-refractivity contribution is -0.164. The molecule has 4 rings (SSSR count). The number of carbonyl (C=O) groups is 2. The van der Waals surface area contributed by atoms with Gasteiger partial charge < -0.3 is 15.3 Å². The van der Waals surface area contributed by atoms with Crippen LogP contribution in [-0.4, -0.2) is 39.3 Å². The van der Waals surface area contributed by atoms with Crippen molar-refractivity contribution in [1.29, 1.82) is 0 Å². The molecule has 8 unspecified atom stereocenters. The van der Waals surface area contributed by atoms with Gasteiger partial charge in [-0.25, -0.2) is 0 Å². The van der Waals surface area contributed by atoms with Gasteiger partial charge in [-0.15, -0.1) is 0 Å². The number of ketones is 1. The zero-order chi connectivity index (χ0) is 19.7. The quantitative estimate of drug-likeness (QED) is 0.644. The maximum Gasteiger partial charge on any atom is 0.309 e. The molecule has 0 aliphatic heterocycles. The van der Waals surface area contributed by atoms with Crippen LogP contribution in [0.25, 0.3) is 0 Å². The van der Waals surface area contributed by atoms with Crippen molar-refractivity contribution in [1.82, 2.24) is 0 Å². The summed E-state index contributed by atoms with van der Waals surface area (Å²) < 4.78 is 0. The number of Topliss-reactive ketones (excluding diaryl/α,β-unsaturated/α-hetero) is 1. The molecule has 0 aromatic rings. The Labute approximate surface area is 160 Å². The van der Waals surface area contributed by atoms with E-state index in [0.717, 1.165) is 32.1 Å². The maximum atomic E-state index is 12.2. The van der Waals surface area contributed by atoms with Crippen LogP contribution < -0.4 is 0 Å². The average molecular weight is 376 g/mol. The van der Waals surface area contributed by atoms with Crippen LogP contribution in [0, 0.1) is 34.5 Å². The van der Waals surface area contributed by atoms with Crippen molar-refractivity contribution >= 4 is 11.8 Å². The summed E-state index contributed by atoms with van der Waals surface area (Å²) in [6.45, 7) is 6.05. The van der Waals surface area contributed by atoms with Crippen molar-refractivity contribution < 1.29 is 24.9 Å². The lowest BCUT2D eigenvalue weighted by Crippen LogP contribution is -2.56. The number of hydrogen-bond donors (Lipinski definition) is 3. The summed E-state index contributed by atoms with van der Waals surface area (Å²) in [4.78, 5) is 24.1. The fourth-order valence-electron chi connectivity index (χ4n) is 7.62. The molecule has 0 heterocycles. The number of carboxylic acids is 1. The lowest BCUT2D eigenvalue weighted by atomic mass is 9.48. The molecule has 3 N–H and O–H groups in total. The molecule has 8 atom stereocenters. The van der Waals surface area contributed by atoms with Crippen LogP contribution in [0.3, 0.4) is 0 Å². The van der Waals surface area contributed by atoms with E-state index in [0.29, 0.717) is 18.8 Å². The molecule has 0 radical (unpaired) electrons. The Bertz CT molecular complexity index is 711. The van der Waals surface area contributed by atoms with E-state index in [2.05, 4.69) is 13.8 Å². The molecule has 4 aliphatic carbocycles. The van der Waals surface area contributed by atoms with Crippen molar-refractivity contribution in [2.45, 2.75) is 77.9 Å². The van der Waals surface area contributed by atoms with E-state index in [-0.39, 0.29) is 22.5 Å². The third-order valence-corrected chi connectivity index (χ3v) is 8.86. The molecule has 0 aromatic carbocycles. The minimum atomic E-state index is -1.00. The number of aliphatic hydroxyl groups excluding tert-OH is 2. The van der Waals surface area contributed by atoms with Crippen LogP contribution in [0.2, 0.25) is 0 Å². The molecule has 27 heavy (non-hydrogen) atoms. The van der Waals surface area contributed by atoms with Crippen molar-refractivity contribution in [2.24, 2.45) is 34.5 Å². The van der Waals surface area contributed by atoms with Gasteiger partial charge in [0.1, 0.15) is 5.78 Å². The fraction of sp³-hybridized carbons (Fsp3) is 0.818. The molecule has 5 heteroatoms. The number of carboxylic acid groups (broad SMARTS) is 1. The SMILES string of the molecule is CC(=O)C1CCC2C3=C(CCC12C)C1(C)CCC(O)C(C(=O)O)C1C(O)C3. The van der Waals surface area contributed by atoms with Gasteiger partial charge >= 0.3 is 5.97 Å². The van der Waals surface area contributed by atoms with Gasteiger partial charge in [-0.1, -0.05) is 25.0 Å². The van der Waals surface area contributed by atoms with Crippen LogP contribution in [0.5, 0.6) is 0 Å². The standard InChI is InChI=1S/C22H32O5/c1-11(23)13-4-5-14-12-10-17(25)19-18(20(26)27)16(24)7-9-22(19,3)15(12)6-8-21(13,14)2/h13-14,16-19,24-25H,4-10H2,1-3H3,(H,26,27). The van der Waals surface area contributed by atoms with E-state index in [1.165, 1.54) is 11.1 Å². The zero-order valence-electron chi connectivity index (χ0n) is 16.6. The van der Waals surface area contributed by atoms with Crippen LogP contribution in [-0.2, 0) is 9.59 Å². The summed E-state index contributed by atoms with van der Waals surface area (Å²) in [5, 5.41) is 31.1. The monoisotopic (exact) mass is 376 g/mol. The normalized spacial score (nSPS) is 49.2. The number of rotatable bonds is 2. The highest BCUT2D eigenvalue weighted by Crippen LogP contribution is 2.65. The molecule has 2 saturated carbocycles. The molecule has 0 spiro atoms. The summed E-state index contributed by atoms with van der Waals surface area (Å²) in [7, 11) is 0. The van der Waals surface area contributed by atoms with Crippen molar-refractivity contribution in [3.63, 3.8) is 0 Å². The molecule has 4 aliphatic rings. The highest BCUT2D eigenvalue weighted by molar-refractivity contribution is 5.80. The largest absolute Gasteiger partial charge is 0.481 e. The molecule has 2 fully saturated rings. The molecule has 0 saturated heterocycles. The Morgan fingerprint density at radius 1 is 1.04 bits per heavy atom. The van der Waals surface area contributed by atoms with E-state index >= 15 is 0 Å². The van der Waals surface area contributed by atoms with Crippen LogP contribution in [0.15, 0.2) is 11.1 Å². The fourth-order valence-corrected chi connectivity index (χ4v) is 7.62. The number of fused-ring (bicyclic) bond motifs is 4. The van der Waals surface area contributed by atoms with Gasteiger partial charge in [0.25, 0.3) is 0 Å². The topological polar surface area (TPSA) is 94.8 Å². The first kappa shape index (κ1) is 19.1. The van der Waals surface area contributed by atoms with E-state index in [4.69, 9.17) is 0 Å². The maximum absolute atomic E-state index is 12.2. The summed E-state index contributed by atoms with van der Waals surface area (Å²) in [5.74, 6) is -1.66. The number of hydrogen-bond acceptors (Lipinski definition) is 4. The van der Waals surface area contributed by atoms with E-state index in [1.807, 2.05) is 0 Å². The lowest BCUT2D eigenvalue weighted by Gasteiger charge is -2.57. The highest BCUT2D eigenvalue weighted by atomic mass is 16.4. The van der Waals surface area contributed by atoms with Crippen LogP contribution >= 0.6 is 0 Å². The van der Waals surface area contributed by atoms with Crippen LogP contribution in [0.4, 0.5) is 0 Å². The van der Waals surface area contributed by atoms with Gasteiger partial charge in [-0.3, -0.25) is 9.59 Å². The molecule has 5 nitrogen and oxygen atoms in total. The Morgan fingerprint density at radius 3 is 2.37 bits per heavy atom. The zero-order valence-corrected chi connectivity index (χ0v) is 16.6. The average Bonchev–Trinajstić information content (AvgIpc) is 2.93. The van der Waals surface area contributed by atoms with Crippen molar-refractivity contribution in [3.8, 4) is 0 Å². The van der Waals surface area contributed by atoms with E-state index < -0.39 is 30.0 Å². The van der Waals surface area contributed by atoms with Crippen LogP contribution in [0.1, 0.15) is 65.7 Å². The molecule has 0 amide bonds. The molecular formula is C22H32O5. The van der Waals surface area contributed by atoms with Gasteiger partial charge in [0, 0.05) is 11.8 Å². The molecule has 0 aromatic heterocycles. The third-order valence-electron chi connectivity index (χ3n) is 8.86. The Balaban J connectivity index is 1.78. The second-order valence-corrected chi connectivity index (χ2v) is 9.99. The summed E-state index contributed by atoms with van der Waals surface area (Å²) in [6.07, 6.45) is 3.79. The minimum Gasteiger partial charge on any atom is -0.481 e. The number of allylic oxidation sites excluding steroid dienone is 1. The Hall–Kier alpha value is -1.20. The molecule has 0 bridgehead atoms. The summed E-state index contributed by atoms with van der Waals surface area (Å²) >= 11 is 0. The predicted molar refractivity (Wildman–Crippen MR) is 99.8 cm³/mol. The van der Waals surface area contributed by atoms with Crippen molar-refractivity contribution in [2.75, 3.05) is 0 Å². The number of aliphatic carboxylic acids is 1.